The number of benzene rings is 1. The Morgan fingerprint density at radius 1 is 1.16 bits per heavy atom. The molecule has 0 saturated carbocycles. The van der Waals surface area contributed by atoms with Crippen LogP contribution in [0.25, 0.3) is 11.3 Å². The maximum absolute atomic E-state index is 5.41. The van der Waals surface area contributed by atoms with Crippen LogP contribution in [0, 0.1) is 13.8 Å². The molecule has 0 unspecified atom stereocenters. The van der Waals surface area contributed by atoms with E-state index < -0.39 is 0 Å². The minimum Gasteiger partial charge on any atom is -0.454 e. The molecule has 0 bridgehead atoms. The minimum atomic E-state index is 0.279. The van der Waals surface area contributed by atoms with Crippen LogP contribution in [0.1, 0.15) is 17.0 Å². The summed E-state index contributed by atoms with van der Waals surface area (Å²) in [5, 5.41) is 7.72. The molecule has 7 nitrogen and oxygen atoms in total. The molecule has 7 heteroatoms. The summed E-state index contributed by atoms with van der Waals surface area (Å²) in [7, 11) is 1.94. The first kappa shape index (κ1) is 15.4. The van der Waals surface area contributed by atoms with Crippen LogP contribution >= 0.6 is 0 Å². The van der Waals surface area contributed by atoms with E-state index in [9.17, 15) is 0 Å². The third-order valence-corrected chi connectivity index (χ3v) is 4.31. The van der Waals surface area contributed by atoms with Gasteiger partial charge >= 0.3 is 0 Å². The van der Waals surface area contributed by atoms with Crippen molar-refractivity contribution < 1.29 is 9.47 Å². The minimum absolute atomic E-state index is 0.279. The van der Waals surface area contributed by atoms with E-state index in [1.54, 1.807) is 6.20 Å². The first-order chi connectivity index (χ1) is 12.1. The van der Waals surface area contributed by atoms with Crippen molar-refractivity contribution in [3.63, 3.8) is 0 Å². The summed E-state index contributed by atoms with van der Waals surface area (Å²) >= 11 is 0. The van der Waals surface area contributed by atoms with E-state index in [1.165, 1.54) is 0 Å². The van der Waals surface area contributed by atoms with Crippen LogP contribution in [0.15, 0.2) is 30.5 Å². The molecule has 3 heterocycles. The predicted molar refractivity (Wildman–Crippen MR) is 93.6 cm³/mol. The van der Waals surface area contributed by atoms with E-state index in [2.05, 4.69) is 20.4 Å². The van der Waals surface area contributed by atoms with Gasteiger partial charge in [-0.15, -0.1) is 0 Å². The fraction of sp³-hybridized carbons (Fsp3) is 0.278. The number of ether oxygens (including phenoxy) is 2. The molecule has 0 saturated heterocycles. The Labute approximate surface area is 145 Å². The van der Waals surface area contributed by atoms with Gasteiger partial charge in [-0.2, -0.15) is 5.10 Å². The number of hydrogen-bond donors (Lipinski definition) is 1. The number of aryl methyl sites for hydroxylation is 2. The second kappa shape index (κ2) is 6.08. The molecule has 0 fully saturated rings. The highest BCUT2D eigenvalue weighted by Gasteiger charge is 2.15. The van der Waals surface area contributed by atoms with Crippen molar-refractivity contribution in [3.05, 3.63) is 47.4 Å². The molecule has 0 aliphatic carbocycles. The zero-order valence-corrected chi connectivity index (χ0v) is 14.4. The van der Waals surface area contributed by atoms with Crippen LogP contribution in [0.2, 0.25) is 0 Å². The van der Waals surface area contributed by atoms with Crippen molar-refractivity contribution in [3.8, 4) is 22.8 Å². The quantitative estimate of drug-likeness (QED) is 0.789. The van der Waals surface area contributed by atoms with Gasteiger partial charge in [0.05, 0.1) is 11.4 Å². The Morgan fingerprint density at radius 2 is 2.00 bits per heavy atom. The first-order valence-corrected chi connectivity index (χ1v) is 8.08. The molecule has 0 amide bonds. The van der Waals surface area contributed by atoms with E-state index in [4.69, 9.17) is 9.47 Å². The van der Waals surface area contributed by atoms with Gasteiger partial charge in [0.15, 0.2) is 11.5 Å². The molecule has 4 rings (SSSR count). The number of nitrogens with zero attached hydrogens (tertiary/aromatic N) is 4. The van der Waals surface area contributed by atoms with Crippen LogP contribution in [-0.4, -0.2) is 26.5 Å². The van der Waals surface area contributed by atoms with Crippen molar-refractivity contribution in [2.24, 2.45) is 7.05 Å². The summed E-state index contributed by atoms with van der Waals surface area (Å²) in [5.74, 6) is 2.14. The van der Waals surface area contributed by atoms with Gasteiger partial charge < -0.3 is 14.8 Å². The Kier molecular flexibility index (Phi) is 3.76. The maximum atomic E-state index is 5.41. The van der Waals surface area contributed by atoms with Gasteiger partial charge in [0.25, 0.3) is 0 Å². The van der Waals surface area contributed by atoms with E-state index >= 15 is 0 Å². The summed E-state index contributed by atoms with van der Waals surface area (Å²) in [5.41, 5.74) is 5.03. The van der Waals surface area contributed by atoms with Gasteiger partial charge in [-0.05, 0) is 37.6 Å². The first-order valence-electron chi connectivity index (χ1n) is 8.08. The number of aromatic nitrogens is 4. The Bertz CT molecular complexity index is 935. The lowest BCUT2D eigenvalue weighted by atomic mass is 10.1. The molecule has 2 aromatic heterocycles. The fourth-order valence-electron chi connectivity index (χ4n) is 2.96. The topological polar surface area (TPSA) is 74.1 Å². The molecule has 0 atom stereocenters. The molecular formula is C18H19N5O2. The summed E-state index contributed by atoms with van der Waals surface area (Å²) in [6.45, 7) is 4.91. The lowest BCUT2D eigenvalue weighted by Crippen LogP contribution is -2.04. The fourth-order valence-corrected chi connectivity index (χ4v) is 2.96. The molecule has 25 heavy (non-hydrogen) atoms. The van der Waals surface area contributed by atoms with Crippen molar-refractivity contribution >= 4 is 5.95 Å². The molecular weight excluding hydrogens is 318 g/mol. The SMILES string of the molecule is Cc1nn(C)c(C)c1-c1ccnc(NCc2ccc3c(c2)OCO3)n1. The van der Waals surface area contributed by atoms with Crippen molar-refractivity contribution in [1.82, 2.24) is 19.7 Å². The maximum Gasteiger partial charge on any atom is 0.231 e. The van der Waals surface area contributed by atoms with Gasteiger partial charge in [-0.25, -0.2) is 9.97 Å². The van der Waals surface area contributed by atoms with Gasteiger partial charge in [0, 0.05) is 31.0 Å². The Balaban J connectivity index is 1.54. The molecule has 1 aliphatic heterocycles. The highest BCUT2D eigenvalue weighted by Crippen LogP contribution is 2.32. The van der Waals surface area contributed by atoms with Gasteiger partial charge in [0.2, 0.25) is 12.7 Å². The van der Waals surface area contributed by atoms with Crippen LogP contribution in [0.4, 0.5) is 5.95 Å². The second-order valence-electron chi connectivity index (χ2n) is 5.98. The lowest BCUT2D eigenvalue weighted by Gasteiger charge is -2.08. The monoisotopic (exact) mass is 337 g/mol. The summed E-state index contributed by atoms with van der Waals surface area (Å²) < 4.78 is 12.6. The molecule has 1 aromatic carbocycles. The van der Waals surface area contributed by atoms with Gasteiger partial charge in [0.1, 0.15) is 0 Å². The van der Waals surface area contributed by atoms with E-state index in [-0.39, 0.29) is 6.79 Å². The molecule has 0 spiro atoms. The largest absolute Gasteiger partial charge is 0.454 e. The number of hydrogen-bond acceptors (Lipinski definition) is 6. The third-order valence-electron chi connectivity index (χ3n) is 4.31. The second-order valence-corrected chi connectivity index (χ2v) is 5.98. The summed E-state index contributed by atoms with van der Waals surface area (Å²) in [6, 6.07) is 7.79. The van der Waals surface area contributed by atoms with Gasteiger partial charge in [-0.3, -0.25) is 4.68 Å². The van der Waals surface area contributed by atoms with Crippen LogP contribution in [0.5, 0.6) is 11.5 Å². The smallest absolute Gasteiger partial charge is 0.231 e. The average Bonchev–Trinajstić information content (AvgIpc) is 3.17. The number of anilines is 1. The van der Waals surface area contributed by atoms with Crippen LogP contribution in [-0.2, 0) is 13.6 Å². The Hall–Kier alpha value is -3.09. The van der Waals surface area contributed by atoms with Crippen molar-refractivity contribution in [1.29, 1.82) is 0 Å². The molecule has 1 aliphatic rings. The summed E-state index contributed by atoms with van der Waals surface area (Å²) in [4.78, 5) is 8.95. The van der Waals surface area contributed by atoms with E-state index in [1.807, 2.05) is 49.8 Å². The molecule has 0 radical (unpaired) electrons. The summed E-state index contributed by atoms with van der Waals surface area (Å²) in [6.07, 6.45) is 1.76. The average molecular weight is 337 g/mol. The van der Waals surface area contributed by atoms with Crippen LogP contribution in [0.3, 0.4) is 0 Å². The van der Waals surface area contributed by atoms with Crippen LogP contribution < -0.4 is 14.8 Å². The van der Waals surface area contributed by atoms with E-state index in [0.717, 1.165) is 39.7 Å². The zero-order valence-electron chi connectivity index (χ0n) is 14.4. The van der Waals surface area contributed by atoms with Crippen molar-refractivity contribution in [2.75, 3.05) is 12.1 Å². The molecule has 3 aromatic rings. The molecule has 1 N–H and O–H groups in total. The highest BCUT2D eigenvalue weighted by atomic mass is 16.7. The number of rotatable bonds is 4. The lowest BCUT2D eigenvalue weighted by molar-refractivity contribution is 0.174. The third kappa shape index (κ3) is 2.88. The van der Waals surface area contributed by atoms with E-state index in [0.29, 0.717) is 12.5 Å². The number of fused-ring (bicyclic) bond motifs is 1. The van der Waals surface area contributed by atoms with Gasteiger partial charge in [-0.1, -0.05) is 6.07 Å². The molecule has 128 valence electrons. The number of nitrogens with one attached hydrogen (secondary N) is 1. The predicted octanol–water partition coefficient (Wildman–Crippen LogP) is 2.83. The highest BCUT2D eigenvalue weighted by molar-refractivity contribution is 5.65. The normalized spacial score (nSPS) is 12.4. The Morgan fingerprint density at radius 3 is 2.80 bits per heavy atom. The standard InChI is InChI=1S/C18H19N5O2/c1-11-17(12(2)23(3)22-11)14-6-7-19-18(21-14)20-9-13-4-5-15-16(8-13)25-10-24-15/h4-8H,9-10H2,1-3H3,(H,19,20,21). The zero-order chi connectivity index (χ0) is 17.4. The van der Waals surface area contributed by atoms with Crippen molar-refractivity contribution in [2.45, 2.75) is 20.4 Å².